The number of esters is 1. The molecule has 0 radical (unpaired) electrons. The summed E-state index contributed by atoms with van der Waals surface area (Å²) in [7, 11) is 1.42. The Labute approximate surface area is 90.3 Å². The van der Waals surface area contributed by atoms with Gasteiger partial charge in [0.15, 0.2) is 0 Å². The lowest BCUT2D eigenvalue weighted by atomic mass is 9.98. The molecule has 15 heavy (non-hydrogen) atoms. The minimum Gasteiger partial charge on any atom is -0.465 e. The van der Waals surface area contributed by atoms with Gasteiger partial charge in [-0.15, -0.1) is 0 Å². The van der Waals surface area contributed by atoms with Gasteiger partial charge in [0, 0.05) is 0 Å². The molecule has 0 unspecified atom stereocenters. The van der Waals surface area contributed by atoms with Crippen LogP contribution in [0.5, 0.6) is 0 Å². The zero-order chi connectivity index (χ0) is 10.8. The third-order valence-corrected chi connectivity index (χ3v) is 3.26. The van der Waals surface area contributed by atoms with Crippen LogP contribution in [0.25, 0.3) is 0 Å². The molecule has 0 saturated heterocycles. The average Bonchev–Trinajstić information content (AvgIpc) is 2.69. The van der Waals surface area contributed by atoms with Gasteiger partial charge in [-0.25, -0.2) is 4.79 Å². The van der Waals surface area contributed by atoms with Crippen molar-refractivity contribution >= 4 is 5.97 Å². The highest BCUT2D eigenvalue weighted by Gasteiger charge is 2.21. The van der Waals surface area contributed by atoms with E-state index < -0.39 is 0 Å². The fourth-order valence-electron chi connectivity index (χ4n) is 2.37. The summed E-state index contributed by atoms with van der Waals surface area (Å²) in [5.74, 6) is 0.449. The number of benzene rings is 1. The molecule has 1 aromatic carbocycles. The normalized spacial score (nSPS) is 18.7. The first-order valence-corrected chi connectivity index (χ1v) is 5.47. The predicted octanol–water partition coefficient (Wildman–Crippen LogP) is 2.91. The number of carbonyl (C=O) groups excluding carboxylic acids is 1. The Bertz CT molecular complexity index is 382. The van der Waals surface area contributed by atoms with Crippen molar-refractivity contribution < 1.29 is 9.53 Å². The van der Waals surface area contributed by atoms with Crippen LogP contribution in [0.4, 0.5) is 0 Å². The smallest absolute Gasteiger partial charge is 0.337 e. The van der Waals surface area contributed by atoms with Crippen LogP contribution in [0.1, 0.15) is 47.2 Å². The number of ether oxygens (including phenoxy) is 1. The van der Waals surface area contributed by atoms with Crippen molar-refractivity contribution in [1.29, 1.82) is 0 Å². The van der Waals surface area contributed by atoms with Crippen molar-refractivity contribution in [2.75, 3.05) is 7.11 Å². The fraction of sp³-hybridized carbons (Fsp3) is 0.462. The molecule has 0 aromatic heterocycles. The molecule has 0 amide bonds. The second kappa shape index (κ2) is 4.05. The van der Waals surface area contributed by atoms with Crippen LogP contribution >= 0.6 is 0 Å². The highest BCUT2D eigenvalue weighted by Crippen LogP contribution is 2.35. The number of hydrogen-bond donors (Lipinski definition) is 0. The third-order valence-electron chi connectivity index (χ3n) is 3.26. The third kappa shape index (κ3) is 1.76. The Kier molecular flexibility index (Phi) is 2.76. The largest absolute Gasteiger partial charge is 0.465 e. The van der Waals surface area contributed by atoms with Gasteiger partial charge in [0.1, 0.15) is 0 Å². The molecule has 2 heteroatoms. The van der Waals surface area contributed by atoms with E-state index in [9.17, 15) is 4.79 Å². The Morgan fingerprint density at radius 1 is 1.53 bits per heavy atom. The van der Waals surface area contributed by atoms with Crippen LogP contribution in [-0.4, -0.2) is 13.1 Å². The number of hydrogen-bond acceptors (Lipinski definition) is 2. The number of rotatable bonds is 2. The van der Waals surface area contributed by atoms with Crippen molar-refractivity contribution in [2.24, 2.45) is 0 Å². The van der Waals surface area contributed by atoms with Crippen molar-refractivity contribution in [3.8, 4) is 0 Å². The molecule has 0 spiro atoms. The van der Waals surface area contributed by atoms with Crippen molar-refractivity contribution in [1.82, 2.24) is 0 Å². The Morgan fingerprint density at radius 2 is 2.33 bits per heavy atom. The molecule has 2 rings (SSSR count). The van der Waals surface area contributed by atoms with E-state index in [1.807, 2.05) is 12.1 Å². The maximum absolute atomic E-state index is 11.3. The Hall–Kier alpha value is -1.31. The summed E-state index contributed by atoms with van der Waals surface area (Å²) in [4.78, 5) is 11.3. The average molecular weight is 204 g/mol. The summed E-state index contributed by atoms with van der Waals surface area (Å²) in [5.41, 5.74) is 3.42. The topological polar surface area (TPSA) is 26.3 Å². The molecular formula is C13H16O2. The number of methoxy groups -OCH3 is 1. The van der Waals surface area contributed by atoms with Crippen LogP contribution in [0.2, 0.25) is 0 Å². The lowest BCUT2D eigenvalue weighted by Gasteiger charge is -2.08. The van der Waals surface area contributed by atoms with Gasteiger partial charge in [0.2, 0.25) is 0 Å². The minimum absolute atomic E-state index is 0.238. The van der Waals surface area contributed by atoms with Crippen molar-refractivity contribution in [3.05, 3.63) is 34.9 Å². The summed E-state index contributed by atoms with van der Waals surface area (Å²) in [6.45, 7) is 2.22. The highest BCUT2D eigenvalue weighted by atomic mass is 16.5. The minimum atomic E-state index is -0.238. The zero-order valence-electron chi connectivity index (χ0n) is 9.25. The van der Waals surface area contributed by atoms with Gasteiger partial charge in [-0.2, -0.15) is 0 Å². The van der Waals surface area contributed by atoms with Crippen LogP contribution < -0.4 is 0 Å². The van der Waals surface area contributed by atoms with Gasteiger partial charge < -0.3 is 4.74 Å². The molecule has 1 aliphatic rings. The molecule has 1 atom stereocenters. The van der Waals surface area contributed by atoms with Gasteiger partial charge in [-0.05, 0) is 48.4 Å². The van der Waals surface area contributed by atoms with Crippen molar-refractivity contribution in [2.45, 2.75) is 32.1 Å². The molecule has 2 nitrogen and oxygen atoms in total. The summed E-state index contributed by atoms with van der Waals surface area (Å²) >= 11 is 0. The second-order valence-corrected chi connectivity index (χ2v) is 4.05. The molecule has 0 heterocycles. The van der Waals surface area contributed by atoms with E-state index in [1.54, 1.807) is 0 Å². The van der Waals surface area contributed by atoms with E-state index in [2.05, 4.69) is 13.0 Å². The van der Waals surface area contributed by atoms with Gasteiger partial charge in [-0.1, -0.05) is 13.0 Å². The first kappa shape index (κ1) is 10.2. The van der Waals surface area contributed by atoms with E-state index in [0.29, 0.717) is 11.5 Å². The number of carbonyl (C=O) groups is 1. The monoisotopic (exact) mass is 204 g/mol. The van der Waals surface area contributed by atoms with Gasteiger partial charge in [0.25, 0.3) is 0 Å². The molecule has 0 N–H and O–H groups in total. The van der Waals surface area contributed by atoms with Gasteiger partial charge in [0.05, 0.1) is 12.7 Å². The predicted molar refractivity (Wildman–Crippen MR) is 59.1 cm³/mol. The Morgan fingerprint density at radius 3 is 3.00 bits per heavy atom. The van der Waals surface area contributed by atoms with Crippen LogP contribution in [0.15, 0.2) is 18.2 Å². The summed E-state index contributed by atoms with van der Waals surface area (Å²) in [5, 5.41) is 0. The highest BCUT2D eigenvalue weighted by molar-refractivity contribution is 5.89. The van der Waals surface area contributed by atoms with E-state index >= 15 is 0 Å². The fourth-order valence-corrected chi connectivity index (χ4v) is 2.37. The summed E-state index contributed by atoms with van der Waals surface area (Å²) in [6, 6.07) is 5.94. The molecule has 0 saturated carbocycles. The second-order valence-electron chi connectivity index (χ2n) is 4.05. The molecule has 0 aliphatic heterocycles. The summed E-state index contributed by atoms with van der Waals surface area (Å²) in [6.07, 6.45) is 3.50. The van der Waals surface area contributed by atoms with E-state index in [0.717, 1.165) is 6.42 Å². The van der Waals surface area contributed by atoms with Gasteiger partial charge >= 0.3 is 5.97 Å². The molecule has 1 aromatic rings. The molecule has 0 fully saturated rings. The van der Waals surface area contributed by atoms with E-state index in [4.69, 9.17) is 4.74 Å². The zero-order valence-corrected chi connectivity index (χ0v) is 9.25. The molecule has 1 aliphatic carbocycles. The van der Waals surface area contributed by atoms with E-state index in [-0.39, 0.29) is 5.97 Å². The summed E-state index contributed by atoms with van der Waals surface area (Å²) < 4.78 is 4.71. The standard InChI is InChI=1S/C13H16O2/c1-3-9-4-5-10-8-11(13(14)15-2)6-7-12(9)10/h6-9H,3-5H2,1-2H3/t9-/m0/s1. The number of fused-ring (bicyclic) bond motifs is 1. The first-order valence-electron chi connectivity index (χ1n) is 5.47. The Balaban J connectivity index is 2.33. The van der Waals surface area contributed by atoms with Crippen LogP contribution in [-0.2, 0) is 11.2 Å². The van der Waals surface area contributed by atoms with Gasteiger partial charge in [-0.3, -0.25) is 0 Å². The first-order chi connectivity index (χ1) is 7.26. The number of aryl methyl sites for hydroxylation is 1. The lowest BCUT2D eigenvalue weighted by molar-refractivity contribution is 0.0600. The molecule has 0 bridgehead atoms. The van der Waals surface area contributed by atoms with Crippen molar-refractivity contribution in [3.63, 3.8) is 0 Å². The van der Waals surface area contributed by atoms with Crippen LogP contribution in [0.3, 0.4) is 0 Å². The molecular weight excluding hydrogens is 188 g/mol. The lowest BCUT2D eigenvalue weighted by Crippen LogP contribution is -2.02. The van der Waals surface area contributed by atoms with E-state index in [1.165, 1.54) is 31.1 Å². The molecule has 80 valence electrons. The SMILES string of the molecule is CC[C@H]1CCc2cc(C(=O)OC)ccc21. The maximum atomic E-state index is 11.3. The van der Waals surface area contributed by atoms with Crippen LogP contribution in [0, 0.1) is 0 Å². The maximum Gasteiger partial charge on any atom is 0.337 e. The quantitative estimate of drug-likeness (QED) is 0.692.